The molecule has 0 aromatic carbocycles. The minimum absolute atomic E-state index is 0.165. The Morgan fingerprint density at radius 2 is 2.11 bits per heavy atom. The van der Waals surface area contributed by atoms with Crippen molar-refractivity contribution in [1.82, 2.24) is 4.98 Å². The Balaban J connectivity index is 1.90. The van der Waals surface area contributed by atoms with Gasteiger partial charge in [-0.05, 0) is 45.7 Å². The van der Waals surface area contributed by atoms with E-state index in [1.165, 1.54) is 12.8 Å². The molecule has 2 rings (SSSR count). The molecule has 5 heteroatoms. The summed E-state index contributed by atoms with van der Waals surface area (Å²) in [5.41, 5.74) is 0.479. The first-order valence-electron chi connectivity index (χ1n) is 6.36. The van der Waals surface area contributed by atoms with Gasteiger partial charge < -0.3 is 9.47 Å². The van der Waals surface area contributed by atoms with E-state index >= 15 is 0 Å². The lowest BCUT2D eigenvalue weighted by molar-refractivity contribution is -0.157. The Hall–Kier alpha value is -1.29. The maximum Gasteiger partial charge on any atom is 0.344 e. The van der Waals surface area contributed by atoms with E-state index in [1.54, 1.807) is 6.07 Å². The molecule has 1 fully saturated rings. The first kappa shape index (κ1) is 14.1. The predicted octanol–water partition coefficient (Wildman–Crippen LogP) is 3.33. The molecule has 0 spiro atoms. The van der Waals surface area contributed by atoms with Gasteiger partial charge in [-0.3, -0.25) is 0 Å². The molecule has 0 amide bonds. The van der Waals surface area contributed by atoms with Gasteiger partial charge in [-0.15, -0.1) is 0 Å². The second kappa shape index (κ2) is 5.37. The molecule has 0 radical (unpaired) electrons. The summed E-state index contributed by atoms with van der Waals surface area (Å²) in [6, 6.07) is 3.65. The zero-order chi connectivity index (χ0) is 14.0. The Morgan fingerprint density at radius 3 is 2.63 bits per heavy atom. The third kappa shape index (κ3) is 4.39. The number of nitrogens with zero attached hydrogens (tertiary/aromatic N) is 1. The fourth-order valence-electron chi connectivity index (χ4n) is 1.66. The minimum Gasteiger partial charge on any atom is -0.479 e. The highest BCUT2D eigenvalue weighted by Gasteiger charge is 2.25. The fourth-order valence-corrected chi connectivity index (χ4v) is 1.87. The van der Waals surface area contributed by atoms with Crippen molar-refractivity contribution in [3.8, 4) is 5.75 Å². The molecule has 1 aliphatic carbocycles. The highest BCUT2D eigenvalue weighted by atomic mass is 35.5. The Bertz CT molecular complexity index is 478. The van der Waals surface area contributed by atoms with Crippen LogP contribution in [0, 0.1) is 0 Å². The number of aromatic nitrogens is 1. The van der Waals surface area contributed by atoms with E-state index in [0.29, 0.717) is 16.8 Å². The number of ether oxygens (including phenoxy) is 2. The van der Waals surface area contributed by atoms with Crippen LogP contribution in [0.25, 0.3) is 0 Å². The summed E-state index contributed by atoms with van der Waals surface area (Å²) in [7, 11) is 0. The van der Waals surface area contributed by atoms with Gasteiger partial charge in [0.25, 0.3) is 0 Å². The van der Waals surface area contributed by atoms with Crippen LogP contribution in [0.5, 0.6) is 5.75 Å². The molecule has 1 heterocycles. The molecule has 104 valence electrons. The fraction of sp³-hybridized carbons (Fsp3) is 0.571. The minimum atomic E-state index is -0.516. The number of hydrogen-bond acceptors (Lipinski definition) is 4. The Kier molecular flexibility index (Phi) is 3.99. The molecule has 1 aromatic heterocycles. The molecule has 0 N–H and O–H groups in total. The summed E-state index contributed by atoms with van der Waals surface area (Å²) in [5, 5.41) is 0.299. The molecule has 1 aromatic rings. The van der Waals surface area contributed by atoms with Gasteiger partial charge in [-0.2, -0.15) is 0 Å². The molecule has 0 unspecified atom stereocenters. The van der Waals surface area contributed by atoms with Crippen LogP contribution >= 0.6 is 11.6 Å². The van der Waals surface area contributed by atoms with Gasteiger partial charge in [0.15, 0.2) is 17.5 Å². The molecule has 0 saturated heterocycles. The molecule has 19 heavy (non-hydrogen) atoms. The Labute approximate surface area is 118 Å². The van der Waals surface area contributed by atoms with Crippen molar-refractivity contribution < 1.29 is 14.3 Å². The van der Waals surface area contributed by atoms with Crippen LogP contribution in [-0.2, 0) is 9.53 Å². The monoisotopic (exact) mass is 283 g/mol. The molecular weight excluding hydrogens is 266 g/mol. The summed E-state index contributed by atoms with van der Waals surface area (Å²) in [6.45, 7) is 5.26. The second-order valence-electron chi connectivity index (χ2n) is 5.67. The number of carbonyl (C=O) groups is 1. The normalized spacial score (nSPS) is 15.2. The lowest BCUT2D eigenvalue weighted by Crippen LogP contribution is -2.27. The number of carbonyl (C=O) groups excluding carboxylic acids is 1. The van der Waals surface area contributed by atoms with Crippen molar-refractivity contribution in [3.63, 3.8) is 0 Å². The van der Waals surface area contributed by atoms with E-state index in [9.17, 15) is 4.79 Å². The molecule has 0 atom stereocenters. The van der Waals surface area contributed by atoms with Crippen LogP contribution in [-0.4, -0.2) is 23.2 Å². The smallest absolute Gasteiger partial charge is 0.344 e. The maximum absolute atomic E-state index is 11.5. The van der Waals surface area contributed by atoms with Crippen molar-refractivity contribution in [1.29, 1.82) is 0 Å². The van der Waals surface area contributed by atoms with Crippen molar-refractivity contribution in [3.05, 3.63) is 23.0 Å². The molecule has 1 aliphatic rings. The van der Waals surface area contributed by atoms with Gasteiger partial charge in [-0.1, -0.05) is 11.6 Å². The highest BCUT2D eigenvalue weighted by molar-refractivity contribution is 6.30. The summed E-state index contributed by atoms with van der Waals surface area (Å²) in [4.78, 5) is 15.8. The zero-order valence-corrected chi connectivity index (χ0v) is 12.2. The zero-order valence-electron chi connectivity index (χ0n) is 11.4. The first-order chi connectivity index (χ1) is 8.85. The number of halogens is 1. The summed E-state index contributed by atoms with van der Waals surface area (Å²) in [6.07, 6.45) is 2.34. The second-order valence-corrected chi connectivity index (χ2v) is 6.03. The van der Waals surface area contributed by atoms with Gasteiger partial charge in [0, 0.05) is 11.6 Å². The van der Waals surface area contributed by atoms with Gasteiger partial charge in [-0.25, -0.2) is 9.78 Å². The third-order valence-corrected chi connectivity index (χ3v) is 2.87. The third-order valence-electron chi connectivity index (χ3n) is 2.60. The van der Waals surface area contributed by atoms with Crippen LogP contribution in [0.1, 0.15) is 45.2 Å². The first-order valence-corrected chi connectivity index (χ1v) is 6.74. The standard InChI is InChI=1S/C14H18ClNO3/c1-14(2,3)19-12(17)8-18-11-7-6-10(9-4-5-9)16-13(11)15/h6-7,9H,4-5,8H2,1-3H3. The van der Waals surface area contributed by atoms with E-state index in [-0.39, 0.29) is 6.61 Å². The number of hydrogen-bond donors (Lipinski definition) is 0. The molecule has 0 aliphatic heterocycles. The molecule has 4 nitrogen and oxygen atoms in total. The average Bonchev–Trinajstić information content (AvgIpc) is 3.08. The number of pyridine rings is 1. The topological polar surface area (TPSA) is 48.4 Å². The van der Waals surface area contributed by atoms with Gasteiger partial charge in [0.1, 0.15) is 5.60 Å². The van der Waals surface area contributed by atoms with Crippen LogP contribution in [0.15, 0.2) is 12.1 Å². The van der Waals surface area contributed by atoms with E-state index < -0.39 is 11.6 Å². The number of esters is 1. The lowest BCUT2D eigenvalue weighted by atomic mass is 10.2. The predicted molar refractivity (Wildman–Crippen MR) is 72.6 cm³/mol. The van der Waals surface area contributed by atoms with E-state index in [4.69, 9.17) is 21.1 Å². The van der Waals surface area contributed by atoms with Crippen LogP contribution in [0.4, 0.5) is 0 Å². The van der Waals surface area contributed by atoms with Gasteiger partial charge >= 0.3 is 5.97 Å². The van der Waals surface area contributed by atoms with E-state index in [1.807, 2.05) is 26.8 Å². The molecule has 0 bridgehead atoms. The average molecular weight is 284 g/mol. The quantitative estimate of drug-likeness (QED) is 0.628. The lowest BCUT2D eigenvalue weighted by Gasteiger charge is -2.19. The van der Waals surface area contributed by atoms with Crippen molar-refractivity contribution in [2.45, 2.75) is 45.1 Å². The molecule has 1 saturated carbocycles. The summed E-state index contributed by atoms with van der Waals surface area (Å²) in [5.74, 6) is 0.532. The SMILES string of the molecule is CC(C)(C)OC(=O)COc1ccc(C2CC2)nc1Cl. The molecular formula is C14H18ClNO3. The van der Waals surface area contributed by atoms with Crippen LogP contribution in [0.3, 0.4) is 0 Å². The summed E-state index contributed by atoms with van der Waals surface area (Å²) >= 11 is 6.03. The van der Waals surface area contributed by atoms with E-state index in [0.717, 1.165) is 5.69 Å². The summed E-state index contributed by atoms with van der Waals surface area (Å²) < 4.78 is 10.5. The Morgan fingerprint density at radius 1 is 1.42 bits per heavy atom. The van der Waals surface area contributed by atoms with E-state index in [2.05, 4.69) is 4.98 Å². The van der Waals surface area contributed by atoms with Crippen LogP contribution < -0.4 is 4.74 Å². The highest BCUT2D eigenvalue weighted by Crippen LogP contribution is 2.40. The largest absolute Gasteiger partial charge is 0.479 e. The van der Waals surface area contributed by atoms with Gasteiger partial charge in [0.2, 0.25) is 0 Å². The van der Waals surface area contributed by atoms with Crippen molar-refractivity contribution >= 4 is 17.6 Å². The number of rotatable bonds is 4. The van der Waals surface area contributed by atoms with Crippen molar-refractivity contribution in [2.75, 3.05) is 6.61 Å². The maximum atomic E-state index is 11.5. The van der Waals surface area contributed by atoms with Gasteiger partial charge in [0.05, 0.1) is 0 Å². The van der Waals surface area contributed by atoms with Crippen LogP contribution in [0.2, 0.25) is 5.15 Å². The van der Waals surface area contributed by atoms with Crippen molar-refractivity contribution in [2.24, 2.45) is 0 Å².